The number of esters is 2. The Balaban J connectivity index is 1.46. The predicted molar refractivity (Wildman–Crippen MR) is 372 cm³/mol. The molecule has 20 heteroatoms. The average molecular weight is 1330 g/mol. The fourth-order valence-corrected chi connectivity index (χ4v) is 14.7. The molecule has 3 aliphatic rings. The molecule has 0 radical (unpaired) electrons. The number of hydrogen-bond donors (Lipinski definition) is 1. The van der Waals surface area contributed by atoms with Crippen molar-refractivity contribution >= 4 is 56.1 Å². The van der Waals surface area contributed by atoms with Gasteiger partial charge in [0.05, 0.1) is 76.3 Å². The third kappa shape index (κ3) is 24.5. The summed E-state index contributed by atoms with van der Waals surface area (Å²) in [6.07, 6.45) is 12.2. The summed E-state index contributed by atoms with van der Waals surface area (Å²) in [5, 5.41) is -0.112. The minimum absolute atomic E-state index is 0.0142. The highest BCUT2D eigenvalue weighted by molar-refractivity contribution is 8.23. The molecule has 1 unspecified atom stereocenters. The van der Waals surface area contributed by atoms with Gasteiger partial charge in [0.1, 0.15) is 12.5 Å². The molecule has 12 atom stereocenters. The zero-order chi connectivity index (χ0) is 66.5. The van der Waals surface area contributed by atoms with E-state index in [1.165, 1.54) is 13.2 Å². The molecule has 5 rings (SSSR count). The number of carbonyl (C=O) groups is 2. The van der Waals surface area contributed by atoms with Crippen molar-refractivity contribution in [2.24, 2.45) is 5.41 Å². The van der Waals surface area contributed by atoms with E-state index in [0.717, 1.165) is 61.0 Å². The number of methoxy groups -OCH3 is 3. The molecule has 0 amide bonds. The van der Waals surface area contributed by atoms with Crippen LogP contribution in [0.5, 0.6) is 5.75 Å². The van der Waals surface area contributed by atoms with Gasteiger partial charge in [0, 0.05) is 50.6 Å². The molecule has 3 saturated heterocycles. The first-order valence-electron chi connectivity index (χ1n) is 33.1. The predicted octanol–water partition coefficient (Wildman–Crippen LogP) is 16.0. The van der Waals surface area contributed by atoms with Crippen LogP contribution < -0.4 is 4.74 Å². The Bertz CT molecular complexity index is 2540. The fourth-order valence-electron chi connectivity index (χ4n) is 11.6. The Morgan fingerprint density at radius 2 is 1.48 bits per heavy atom. The molecule has 0 N–H and O–H groups in total. The van der Waals surface area contributed by atoms with Crippen molar-refractivity contribution in [2.45, 2.75) is 282 Å². The number of rotatable bonds is 36. The van der Waals surface area contributed by atoms with Crippen LogP contribution in [-0.2, 0) is 78.9 Å². The molecule has 15 nitrogen and oxygen atoms in total. The van der Waals surface area contributed by atoms with E-state index in [9.17, 15) is 9.59 Å². The van der Waals surface area contributed by atoms with E-state index >= 15 is 0 Å². The lowest BCUT2D eigenvalue weighted by Gasteiger charge is -2.53. The van der Waals surface area contributed by atoms with E-state index in [4.69, 9.17) is 60.9 Å². The maximum absolute atomic E-state index is 14.2. The van der Waals surface area contributed by atoms with E-state index in [0.29, 0.717) is 70.3 Å². The van der Waals surface area contributed by atoms with Crippen LogP contribution in [0.2, 0.25) is 36.3 Å². The van der Waals surface area contributed by atoms with Crippen molar-refractivity contribution < 1.29 is 70.5 Å². The van der Waals surface area contributed by atoms with Crippen molar-refractivity contribution in [1.29, 1.82) is 0 Å². The second-order valence-electron chi connectivity index (χ2n) is 28.8. The molecule has 0 aliphatic carbocycles. The van der Waals surface area contributed by atoms with Crippen molar-refractivity contribution in [1.82, 2.24) is 0 Å². The first-order valence-corrected chi connectivity index (χ1v) is 40.1. The Labute approximate surface area is 553 Å². The zero-order valence-corrected chi connectivity index (χ0v) is 62.1. The number of benzene rings is 2. The first-order chi connectivity index (χ1) is 42.3. The van der Waals surface area contributed by atoms with Crippen LogP contribution in [0.3, 0.4) is 0 Å². The average Bonchev–Trinajstić information content (AvgIpc) is 0.788. The SMILES string of the molecule is C=C1C[C@@H](C[C@H]2C[C@@H](O[Si](C)(C)C(C)(C)C)C[C@@H](C[C@H](CCOB(P)S)OCc3ccc(OC)cc3)O2)O[C@@H](C=CC(C)(C)[C@]2(OC)O[C@H](C[C@@H](O[Si](C)(C)C(C)(C)C)[C@@H](C)OCOCc3ccccc3)CC(=CC(=O)OC)[C@@H]2OC(=O)CCCCCCC)C1. The fraction of sp³-hybridized carbons (Fsp3) is 0.714. The molecule has 3 heterocycles. The van der Waals surface area contributed by atoms with Crippen LogP contribution in [0.1, 0.15) is 177 Å². The number of carbonyl (C=O) groups excluding carboxylic acids is 2. The lowest BCUT2D eigenvalue weighted by molar-refractivity contribution is -0.338. The quantitative estimate of drug-likeness (QED) is 0.0100. The minimum atomic E-state index is -2.44. The molecule has 0 saturated carbocycles. The monoisotopic (exact) mass is 1330 g/mol. The lowest BCUT2D eigenvalue weighted by Crippen LogP contribution is -2.63. The lowest BCUT2D eigenvalue weighted by atomic mass is 9.73. The Kier molecular flexibility index (Phi) is 31.5. The van der Waals surface area contributed by atoms with Gasteiger partial charge in [-0.25, -0.2) is 4.79 Å². The first kappa shape index (κ1) is 78.0. The molecule has 90 heavy (non-hydrogen) atoms. The van der Waals surface area contributed by atoms with E-state index in [1.807, 2.05) is 75.4 Å². The van der Waals surface area contributed by atoms with Crippen LogP contribution >= 0.6 is 21.6 Å². The van der Waals surface area contributed by atoms with E-state index < -0.39 is 64.2 Å². The third-order valence-corrected chi connectivity index (χ3v) is 28.3. The summed E-state index contributed by atoms with van der Waals surface area (Å²) in [5.41, 5.74) is 2.64. The molecular formula is C70H116BO15PSSi2. The highest BCUT2D eigenvalue weighted by Gasteiger charge is 2.59. The summed E-state index contributed by atoms with van der Waals surface area (Å²) in [6.45, 7) is 36.7. The number of hydrogen-bond acceptors (Lipinski definition) is 16. The van der Waals surface area contributed by atoms with Gasteiger partial charge in [0.2, 0.25) is 5.79 Å². The van der Waals surface area contributed by atoms with Gasteiger partial charge in [-0.3, -0.25) is 4.79 Å². The summed E-state index contributed by atoms with van der Waals surface area (Å²) >= 11 is 4.46. The Morgan fingerprint density at radius 3 is 2.11 bits per heavy atom. The Morgan fingerprint density at radius 1 is 0.811 bits per heavy atom. The molecule has 0 bridgehead atoms. The molecular weight excluding hydrogens is 1210 g/mol. The van der Waals surface area contributed by atoms with Crippen LogP contribution in [0.15, 0.2) is 90.6 Å². The molecule has 3 fully saturated rings. The largest absolute Gasteiger partial charge is 0.497 e. The van der Waals surface area contributed by atoms with Gasteiger partial charge in [-0.05, 0) is 123 Å². The van der Waals surface area contributed by atoms with Crippen LogP contribution in [-0.4, -0.2) is 136 Å². The van der Waals surface area contributed by atoms with Crippen molar-refractivity contribution in [3.05, 3.63) is 102 Å². The summed E-state index contributed by atoms with van der Waals surface area (Å²) in [7, 11) is 2.56. The number of thiol groups is 1. The zero-order valence-electron chi connectivity index (χ0n) is 58.1. The van der Waals surface area contributed by atoms with Crippen molar-refractivity contribution in [2.75, 3.05) is 34.7 Å². The second-order valence-corrected chi connectivity index (χ2v) is 39.9. The van der Waals surface area contributed by atoms with Gasteiger partial charge in [0.25, 0.3) is 0 Å². The minimum Gasteiger partial charge on any atom is -0.497 e. The normalized spacial score (nSPS) is 24.6. The van der Waals surface area contributed by atoms with Gasteiger partial charge < -0.3 is 60.9 Å². The van der Waals surface area contributed by atoms with Crippen molar-refractivity contribution in [3.63, 3.8) is 0 Å². The summed E-state index contributed by atoms with van der Waals surface area (Å²) in [5.74, 6) is -2.14. The maximum atomic E-state index is 14.2. The van der Waals surface area contributed by atoms with Gasteiger partial charge in [-0.15, -0.1) is 9.12 Å². The van der Waals surface area contributed by atoms with E-state index in [2.05, 4.69) is 115 Å². The third-order valence-electron chi connectivity index (χ3n) is 19.0. The summed E-state index contributed by atoms with van der Waals surface area (Å²) < 4.78 is 85.3. The van der Waals surface area contributed by atoms with E-state index in [1.54, 1.807) is 14.2 Å². The molecule has 0 spiro atoms. The van der Waals surface area contributed by atoms with Crippen molar-refractivity contribution in [3.8, 4) is 5.75 Å². The molecule has 0 aromatic heterocycles. The van der Waals surface area contributed by atoms with Crippen LogP contribution in [0, 0.1) is 5.41 Å². The molecule has 3 aliphatic heterocycles. The van der Waals surface area contributed by atoms with Crippen LogP contribution in [0.4, 0.5) is 0 Å². The van der Waals surface area contributed by atoms with Gasteiger partial charge in [0.15, 0.2) is 22.7 Å². The summed E-state index contributed by atoms with van der Waals surface area (Å²) in [6, 6.07) is 18.0. The highest BCUT2D eigenvalue weighted by Crippen LogP contribution is 2.50. The molecule has 2 aromatic carbocycles. The smallest absolute Gasteiger partial charge is 0.380 e. The number of ether oxygens (including phenoxy) is 10. The van der Waals surface area contributed by atoms with E-state index in [-0.39, 0.29) is 72.2 Å². The molecule has 2 aromatic rings. The number of unbranched alkanes of at least 4 members (excludes halogenated alkanes) is 4. The van der Waals surface area contributed by atoms with Gasteiger partial charge in [-0.1, -0.05) is 155 Å². The second kappa shape index (κ2) is 36.4. The standard InChI is InChI=1S/C70H116BO15PSSi2/c1-19-20-21-22-26-29-64(72)83-66-54(41-65(73)75-13)40-61(46-63(86-90(17,18)68(7,8)9)51(3)79-49-77-47-52-27-24-23-25-28-52)84-70(66,76-14)69(10,11)36-34-57-38-50(2)39-58(81-57)43-60-45-62(85-89(15,16)67(4,5)6)44-59(82-60)42-56(35-37-80-71(87)88)78-48-53-30-32-55(74-12)33-31-53/h23-25,27-28,30-34,36,41,51,56-63,66,88H,2,19-22,26,29,35,37-40,42-49,87H2,1,3-18H3/t51-,56+,57+,58+,59-,60+,61+,62+,63-,66+,70-/m1/s1. The van der Waals surface area contributed by atoms with Crippen LogP contribution in [0.25, 0.3) is 0 Å². The maximum Gasteiger partial charge on any atom is 0.380 e. The van der Waals surface area contributed by atoms with Gasteiger partial charge in [-0.2, -0.15) is 12.5 Å². The summed E-state index contributed by atoms with van der Waals surface area (Å²) in [4.78, 5) is 27.7. The topological polar surface area (TPSA) is 154 Å². The Hall–Kier alpha value is -2.72. The highest BCUT2D eigenvalue weighted by atomic mass is 32.1. The van der Waals surface area contributed by atoms with Gasteiger partial charge >= 0.3 is 17.9 Å². The molecule has 508 valence electrons.